The number of carbonyl (C=O) groups is 1. The Balaban J connectivity index is 1.80. The lowest BCUT2D eigenvalue weighted by atomic mass is 10.1. The van der Waals surface area contributed by atoms with Crippen LogP contribution in [0.25, 0.3) is 6.08 Å². The van der Waals surface area contributed by atoms with Gasteiger partial charge in [0.25, 0.3) is 0 Å². The van der Waals surface area contributed by atoms with Crippen LogP contribution in [0.4, 0.5) is 0 Å². The average molecular weight is 557 g/mol. The van der Waals surface area contributed by atoms with E-state index < -0.39 is 10.0 Å². The number of methoxy groups -OCH3 is 2. The summed E-state index contributed by atoms with van der Waals surface area (Å²) in [7, 11) is -0.649. The van der Waals surface area contributed by atoms with Gasteiger partial charge in [0.1, 0.15) is 0 Å². The van der Waals surface area contributed by atoms with Gasteiger partial charge in [-0.3, -0.25) is 4.79 Å². The average Bonchev–Trinajstić information content (AvgIpc) is 3.32. The lowest BCUT2D eigenvalue weighted by Crippen LogP contribution is -2.45. The fraction of sp³-hybridized carbons (Fsp3) is 0.345. The monoisotopic (exact) mass is 556 g/mol. The van der Waals surface area contributed by atoms with E-state index in [0.717, 1.165) is 20.9 Å². The molecule has 204 valence electrons. The first-order chi connectivity index (χ1) is 18.1. The third kappa shape index (κ3) is 8.18. The molecule has 0 bridgehead atoms. The molecule has 0 fully saturated rings. The molecule has 0 spiro atoms. The molecule has 0 unspecified atom stereocenters. The van der Waals surface area contributed by atoms with E-state index in [0.29, 0.717) is 31.0 Å². The molecule has 0 aliphatic carbocycles. The van der Waals surface area contributed by atoms with E-state index in [4.69, 9.17) is 9.47 Å². The highest BCUT2D eigenvalue weighted by Gasteiger charge is 2.28. The zero-order chi connectivity index (χ0) is 27.7. The van der Waals surface area contributed by atoms with Gasteiger partial charge in [-0.25, -0.2) is 8.42 Å². The second kappa shape index (κ2) is 13.6. The summed E-state index contributed by atoms with van der Waals surface area (Å²) in [5.74, 6) is 1.01. The topological polar surface area (TPSA) is 76.2 Å². The van der Waals surface area contributed by atoms with Crippen molar-refractivity contribution in [2.75, 3.05) is 27.3 Å². The number of thiophene rings is 1. The number of amides is 1. The van der Waals surface area contributed by atoms with E-state index in [1.807, 2.05) is 67.6 Å². The molecule has 0 aliphatic heterocycles. The molecular formula is C29H36N2O5S2. The molecule has 2 aromatic carbocycles. The number of hydrogen-bond donors (Lipinski definition) is 0. The first-order valence-corrected chi connectivity index (χ1v) is 14.7. The molecule has 0 N–H and O–H groups in total. The lowest BCUT2D eigenvalue weighted by Gasteiger charge is -2.28. The van der Waals surface area contributed by atoms with E-state index in [-0.39, 0.29) is 18.5 Å². The van der Waals surface area contributed by atoms with Gasteiger partial charge in [-0.05, 0) is 68.7 Å². The van der Waals surface area contributed by atoms with Crippen LogP contribution in [-0.4, -0.2) is 56.9 Å². The first kappa shape index (κ1) is 29.4. The summed E-state index contributed by atoms with van der Waals surface area (Å²) in [6.45, 7) is 6.18. The summed E-state index contributed by atoms with van der Waals surface area (Å²) in [6.07, 6.45) is 2.14. The Bertz CT molecular complexity index is 1330. The zero-order valence-electron chi connectivity index (χ0n) is 22.6. The third-order valence-electron chi connectivity index (χ3n) is 6.04. The minimum atomic E-state index is -3.82. The van der Waals surface area contributed by atoms with E-state index in [9.17, 15) is 13.2 Å². The van der Waals surface area contributed by atoms with Crippen molar-refractivity contribution in [1.82, 2.24) is 9.21 Å². The van der Waals surface area contributed by atoms with Crippen LogP contribution < -0.4 is 9.47 Å². The van der Waals surface area contributed by atoms with E-state index in [2.05, 4.69) is 0 Å². The van der Waals surface area contributed by atoms with Gasteiger partial charge in [0.2, 0.25) is 15.9 Å². The van der Waals surface area contributed by atoms with Gasteiger partial charge in [-0.1, -0.05) is 36.4 Å². The van der Waals surface area contributed by atoms with Crippen molar-refractivity contribution in [1.29, 1.82) is 0 Å². The molecule has 0 saturated carbocycles. The van der Waals surface area contributed by atoms with Gasteiger partial charge in [-0.2, -0.15) is 4.31 Å². The van der Waals surface area contributed by atoms with Gasteiger partial charge >= 0.3 is 0 Å². The minimum absolute atomic E-state index is 0.241. The number of hydrogen-bond acceptors (Lipinski definition) is 6. The molecule has 0 saturated heterocycles. The van der Waals surface area contributed by atoms with Crippen LogP contribution in [0.1, 0.15) is 34.7 Å². The van der Waals surface area contributed by atoms with Crippen LogP contribution in [0.3, 0.4) is 0 Å². The SMILES string of the molecule is COc1ccc(CCN(Cc2ccc(C)s2)C(=O)CN(C(C)C)S(=O)(=O)C=Cc2ccccc2)cc1OC. The van der Waals surface area contributed by atoms with Crippen LogP contribution in [-0.2, 0) is 27.8 Å². The maximum atomic E-state index is 13.6. The molecule has 0 atom stereocenters. The molecule has 38 heavy (non-hydrogen) atoms. The molecule has 3 rings (SSSR count). The van der Waals surface area contributed by atoms with Crippen LogP contribution in [0.2, 0.25) is 0 Å². The summed E-state index contributed by atoms with van der Waals surface area (Å²) in [5, 5.41) is 1.17. The number of ether oxygens (including phenoxy) is 2. The Labute approximate surface area is 230 Å². The zero-order valence-corrected chi connectivity index (χ0v) is 24.2. The van der Waals surface area contributed by atoms with Gasteiger partial charge in [0, 0.05) is 27.7 Å². The van der Waals surface area contributed by atoms with Gasteiger partial charge < -0.3 is 14.4 Å². The summed E-state index contributed by atoms with van der Waals surface area (Å²) in [5.41, 5.74) is 1.76. The van der Waals surface area contributed by atoms with Crippen LogP contribution >= 0.6 is 11.3 Å². The molecule has 9 heteroatoms. The third-order valence-corrected chi connectivity index (χ3v) is 8.71. The fourth-order valence-corrected chi connectivity index (χ4v) is 6.23. The van der Waals surface area contributed by atoms with Gasteiger partial charge in [0.15, 0.2) is 11.5 Å². The molecule has 0 radical (unpaired) electrons. The number of aryl methyl sites for hydroxylation is 1. The Morgan fingerprint density at radius 3 is 2.32 bits per heavy atom. The molecule has 1 heterocycles. The van der Waals surface area contributed by atoms with Crippen molar-refractivity contribution in [3.8, 4) is 11.5 Å². The first-order valence-electron chi connectivity index (χ1n) is 12.4. The Hall–Kier alpha value is -3.14. The highest BCUT2D eigenvalue weighted by atomic mass is 32.2. The number of carbonyl (C=O) groups excluding carboxylic acids is 1. The summed E-state index contributed by atoms with van der Waals surface area (Å²) < 4.78 is 38.4. The Morgan fingerprint density at radius 2 is 1.71 bits per heavy atom. The summed E-state index contributed by atoms with van der Waals surface area (Å²) in [6, 6.07) is 18.6. The second-order valence-corrected chi connectivity index (χ2v) is 12.3. The quantitative estimate of drug-likeness (QED) is 0.284. The van der Waals surface area contributed by atoms with Crippen molar-refractivity contribution in [3.05, 3.63) is 87.0 Å². The number of rotatable bonds is 13. The van der Waals surface area contributed by atoms with Gasteiger partial charge in [-0.15, -0.1) is 11.3 Å². The normalized spacial score (nSPS) is 11.9. The predicted octanol–water partition coefficient (Wildman–Crippen LogP) is 5.36. The molecule has 0 aliphatic rings. The van der Waals surface area contributed by atoms with Crippen LogP contribution in [0, 0.1) is 6.92 Å². The predicted molar refractivity (Wildman–Crippen MR) is 154 cm³/mol. The smallest absolute Gasteiger partial charge is 0.238 e. The molecule has 3 aromatic rings. The maximum absolute atomic E-state index is 13.6. The lowest BCUT2D eigenvalue weighted by molar-refractivity contribution is -0.132. The van der Waals surface area contributed by atoms with Gasteiger partial charge in [0.05, 0.1) is 27.3 Å². The van der Waals surface area contributed by atoms with Crippen molar-refractivity contribution in [2.24, 2.45) is 0 Å². The van der Waals surface area contributed by atoms with Crippen LogP contribution in [0.5, 0.6) is 11.5 Å². The minimum Gasteiger partial charge on any atom is -0.493 e. The van der Waals surface area contributed by atoms with E-state index >= 15 is 0 Å². The van der Waals surface area contributed by atoms with Crippen molar-refractivity contribution in [2.45, 2.75) is 39.8 Å². The molecule has 1 amide bonds. The molecular weight excluding hydrogens is 520 g/mol. The highest BCUT2D eigenvalue weighted by molar-refractivity contribution is 7.92. The van der Waals surface area contributed by atoms with Crippen LogP contribution in [0.15, 0.2) is 66.1 Å². The Morgan fingerprint density at radius 1 is 1.00 bits per heavy atom. The van der Waals surface area contributed by atoms with Crippen molar-refractivity contribution in [3.63, 3.8) is 0 Å². The van der Waals surface area contributed by atoms with Crippen molar-refractivity contribution >= 4 is 33.3 Å². The fourth-order valence-electron chi connectivity index (χ4n) is 3.96. The molecule has 1 aromatic heterocycles. The second-order valence-electron chi connectivity index (χ2n) is 9.16. The number of benzene rings is 2. The maximum Gasteiger partial charge on any atom is 0.238 e. The Kier molecular flexibility index (Phi) is 10.5. The molecule has 7 nitrogen and oxygen atoms in total. The van der Waals surface area contributed by atoms with E-state index in [1.165, 1.54) is 9.71 Å². The standard InChI is InChI=1S/C29H36N2O5S2/c1-22(2)31(38(33,34)18-16-24-9-7-6-8-10-24)21-29(32)30(20-26-13-11-23(3)37-26)17-15-25-12-14-27(35-4)28(19-25)36-5/h6-14,16,18-19,22H,15,17,20-21H2,1-5H3. The number of nitrogens with zero attached hydrogens (tertiary/aromatic N) is 2. The van der Waals surface area contributed by atoms with Crippen molar-refractivity contribution < 1.29 is 22.7 Å². The summed E-state index contributed by atoms with van der Waals surface area (Å²) in [4.78, 5) is 17.5. The summed E-state index contributed by atoms with van der Waals surface area (Å²) >= 11 is 1.63. The highest BCUT2D eigenvalue weighted by Crippen LogP contribution is 2.28. The number of sulfonamides is 1. The van der Waals surface area contributed by atoms with E-state index in [1.54, 1.807) is 50.4 Å². The largest absolute Gasteiger partial charge is 0.493 e.